The zero-order valence-electron chi connectivity index (χ0n) is 14.9. The predicted octanol–water partition coefficient (Wildman–Crippen LogP) is 1.76. The fourth-order valence-corrected chi connectivity index (χ4v) is 3.86. The summed E-state index contributed by atoms with van der Waals surface area (Å²) in [7, 11) is 0. The topological polar surface area (TPSA) is 70.5 Å². The Bertz CT molecular complexity index is 526. The summed E-state index contributed by atoms with van der Waals surface area (Å²) in [6, 6.07) is 0. The molecule has 0 amide bonds. The highest BCUT2D eigenvalue weighted by Gasteiger charge is 2.32. The third kappa shape index (κ3) is 3.98. The van der Waals surface area contributed by atoms with Gasteiger partial charge in [0.2, 0.25) is 11.8 Å². The lowest BCUT2D eigenvalue weighted by molar-refractivity contribution is 0.0264. The van der Waals surface area contributed by atoms with Crippen LogP contribution in [0.1, 0.15) is 38.2 Å². The molecular weight excluding hydrogens is 304 g/mol. The number of hydrogen-bond acceptors (Lipinski definition) is 6. The molecule has 24 heavy (non-hydrogen) atoms. The highest BCUT2D eigenvalue weighted by atomic mass is 16.5. The quantitative estimate of drug-likeness (QED) is 0.855. The van der Waals surface area contributed by atoms with Crippen molar-refractivity contribution >= 4 is 5.95 Å². The molecule has 1 unspecified atom stereocenters. The second-order valence-corrected chi connectivity index (χ2v) is 6.99. The summed E-state index contributed by atoms with van der Waals surface area (Å²) >= 11 is 0. The maximum Gasteiger partial charge on any atom is 0.228 e. The monoisotopic (exact) mass is 334 g/mol. The number of nitrogens with zero attached hydrogens (tertiary/aromatic N) is 3. The molecule has 3 heterocycles. The minimum absolute atomic E-state index is 0.160. The van der Waals surface area contributed by atoms with E-state index in [1.807, 2.05) is 20.0 Å². The Morgan fingerprint density at radius 3 is 2.58 bits per heavy atom. The van der Waals surface area contributed by atoms with Crippen molar-refractivity contribution in [3.8, 4) is 5.88 Å². The summed E-state index contributed by atoms with van der Waals surface area (Å²) in [5, 5.41) is 14.1. The van der Waals surface area contributed by atoms with Crippen LogP contribution in [-0.4, -0.2) is 54.0 Å². The molecule has 0 saturated carbocycles. The normalized spacial score (nSPS) is 21.7. The van der Waals surface area contributed by atoms with Crippen LogP contribution < -0.4 is 15.0 Å². The molecule has 6 nitrogen and oxygen atoms in total. The number of aliphatic hydroxyl groups excluding tert-OH is 1. The molecule has 1 aromatic rings. The molecule has 1 aromatic heterocycles. The molecule has 134 valence electrons. The number of ether oxygens (including phenoxy) is 1. The van der Waals surface area contributed by atoms with Gasteiger partial charge >= 0.3 is 0 Å². The van der Waals surface area contributed by atoms with Gasteiger partial charge in [-0.15, -0.1) is 0 Å². The number of aryl methyl sites for hydroxylation is 1. The van der Waals surface area contributed by atoms with Crippen LogP contribution >= 0.6 is 0 Å². The Labute approximate surface area is 144 Å². The summed E-state index contributed by atoms with van der Waals surface area (Å²) in [4.78, 5) is 11.3. The summed E-state index contributed by atoms with van der Waals surface area (Å²) in [5.74, 6) is 2.29. The molecule has 2 fully saturated rings. The Morgan fingerprint density at radius 1 is 1.25 bits per heavy atom. The van der Waals surface area contributed by atoms with Gasteiger partial charge in [-0.05, 0) is 64.5 Å². The molecule has 6 heteroatoms. The van der Waals surface area contributed by atoms with Gasteiger partial charge in [0.05, 0.1) is 12.7 Å². The maximum absolute atomic E-state index is 10.7. The van der Waals surface area contributed by atoms with E-state index in [2.05, 4.69) is 20.2 Å². The first kappa shape index (κ1) is 17.4. The summed E-state index contributed by atoms with van der Waals surface area (Å²) < 4.78 is 5.58. The second kappa shape index (κ2) is 8.12. The van der Waals surface area contributed by atoms with Gasteiger partial charge < -0.3 is 20.1 Å². The number of hydrogen-bond donors (Lipinski definition) is 2. The number of nitrogens with one attached hydrogen (secondary N) is 1. The van der Waals surface area contributed by atoms with Gasteiger partial charge in [-0.25, -0.2) is 4.98 Å². The first-order chi connectivity index (χ1) is 11.7. The molecule has 2 saturated heterocycles. The van der Waals surface area contributed by atoms with Crippen molar-refractivity contribution in [2.45, 2.75) is 45.6 Å². The van der Waals surface area contributed by atoms with Crippen molar-refractivity contribution in [1.29, 1.82) is 0 Å². The molecular formula is C18H30N4O2. The first-order valence-electron chi connectivity index (χ1n) is 9.29. The number of aromatic nitrogens is 2. The van der Waals surface area contributed by atoms with Crippen LogP contribution in [0.2, 0.25) is 0 Å². The average Bonchev–Trinajstić information content (AvgIpc) is 2.64. The average molecular weight is 334 g/mol. The number of rotatable bonds is 5. The van der Waals surface area contributed by atoms with Crippen molar-refractivity contribution in [3.05, 3.63) is 11.8 Å². The zero-order chi connectivity index (χ0) is 16.9. The van der Waals surface area contributed by atoms with Crippen LogP contribution in [0.25, 0.3) is 0 Å². The van der Waals surface area contributed by atoms with Gasteiger partial charge in [0.15, 0.2) is 0 Å². The van der Waals surface area contributed by atoms with E-state index in [-0.39, 0.29) is 6.10 Å². The molecule has 0 aliphatic carbocycles. The van der Waals surface area contributed by atoms with Crippen molar-refractivity contribution in [1.82, 2.24) is 15.3 Å². The number of aliphatic hydroxyl groups is 1. The molecule has 2 N–H and O–H groups in total. The van der Waals surface area contributed by atoms with Crippen molar-refractivity contribution < 1.29 is 9.84 Å². The van der Waals surface area contributed by atoms with Gasteiger partial charge in [-0.2, -0.15) is 4.98 Å². The van der Waals surface area contributed by atoms with E-state index in [1.54, 1.807) is 0 Å². The number of anilines is 1. The minimum Gasteiger partial charge on any atom is -0.478 e. The largest absolute Gasteiger partial charge is 0.478 e. The second-order valence-electron chi connectivity index (χ2n) is 6.99. The SMILES string of the molecule is CCOc1nc(N2CCC(C(O)C3CCNCC3)CC2)ncc1C. The molecule has 2 aliphatic rings. The standard InChI is InChI=1S/C18H30N4O2/c1-3-24-17-13(2)12-20-18(21-17)22-10-6-15(7-11-22)16(23)14-4-8-19-9-5-14/h12,14-16,19,23H,3-11H2,1-2H3. The van der Waals surface area contributed by atoms with Crippen molar-refractivity contribution in [3.63, 3.8) is 0 Å². The summed E-state index contributed by atoms with van der Waals surface area (Å²) in [5.41, 5.74) is 0.969. The third-order valence-electron chi connectivity index (χ3n) is 5.37. The lowest BCUT2D eigenvalue weighted by atomic mass is 9.80. The van der Waals surface area contributed by atoms with Crippen LogP contribution in [0.3, 0.4) is 0 Å². The highest BCUT2D eigenvalue weighted by molar-refractivity contribution is 5.36. The van der Waals surface area contributed by atoms with Gasteiger partial charge in [0.25, 0.3) is 0 Å². The van der Waals surface area contributed by atoms with Gasteiger partial charge in [-0.3, -0.25) is 0 Å². The summed E-state index contributed by atoms with van der Waals surface area (Å²) in [6.07, 6.45) is 5.88. The maximum atomic E-state index is 10.7. The van der Waals surface area contributed by atoms with Gasteiger partial charge in [0, 0.05) is 24.8 Å². The van der Waals surface area contributed by atoms with E-state index in [9.17, 15) is 5.11 Å². The zero-order valence-corrected chi connectivity index (χ0v) is 14.9. The van der Waals surface area contributed by atoms with Gasteiger partial charge in [0.1, 0.15) is 0 Å². The van der Waals surface area contributed by atoms with Gasteiger partial charge in [-0.1, -0.05) is 0 Å². The Kier molecular flexibility index (Phi) is 5.89. The number of piperidine rings is 2. The predicted molar refractivity (Wildman–Crippen MR) is 94.5 cm³/mol. The van der Waals surface area contributed by atoms with Crippen molar-refractivity contribution in [2.24, 2.45) is 11.8 Å². The smallest absolute Gasteiger partial charge is 0.228 e. The molecule has 0 spiro atoms. The Hall–Kier alpha value is -1.40. The van der Waals surface area contributed by atoms with Crippen molar-refractivity contribution in [2.75, 3.05) is 37.7 Å². The molecule has 2 aliphatic heterocycles. The van der Waals surface area contributed by atoms with E-state index in [1.165, 1.54) is 0 Å². The molecule has 0 aromatic carbocycles. The molecule has 3 rings (SSSR count). The van der Waals surface area contributed by atoms with Crippen LogP contribution in [0.15, 0.2) is 6.20 Å². The van der Waals surface area contributed by atoms with Crippen LogP contribution in [-0.2, 0) is 0 Å². The fourth-order valence-electron chi connectivity index (χ4n) is 3.86. The lowest BCUT2D eigenvalue weighted by Gasteiger charge is -2.38. The van der Waals surface area contributed by atoms with E-state index in [0.717, 1.165) is 63.4 Å². The van der Waals surface area contributed by atoms with E-state index in [0.29, 0.717) is 24.3 Å². The highest BCUT2D eigenvalue weighted by Crippen LogP contribution is 2.30. The fraction of sp³-hybridized carbons (Fsp3) is 0.778. The first-order valence-corrected chi connectivity index (χ1v) is 9.29. The van der Waals surface area contributed by atoms with Crippen LogP contribution in [0.5, 0.6) is 5.88 Å². The Morgan fingerprint density at radius 2 is 1.92 bits per heavy atom. The van der Waals surface area contributed by atoms with Crippen LogP contribution in [0, 0.1) is 18.8 Å². The van der Waals surface area contributed by atoms with Crippen LogP contribution in [0.4, 0.5) is 5.95 Å². The minimum atomic E-state index is -0.160. The third-order valence-corrected chi connectivity index (χ3v) is 5.37. The van der Waals surface area contributed by atoms with E-state index >= 15 is 0 Å². The Balaban J connectivity index is 1.57. The summed E-state index contributed by atoms with van der Waals surface area (Å²) in [6.45, 7) is 8.44. The molecule has 0 bridgehead atoms. The lowest BCUT2D eigenvalue weighted by Crippen LogP contribution is -2.43. The van der Waals surface area contributed by atoms with E-state index in [4.69, 9.17) is 4.74 Å². The molecule has 0 radical (unpaired) electrons. The van der Waals surface area contributed by atoms with E-state index < -0.39 is 0 Å². The molecule has 1 atom stereocenters.